The number of amides is 2. The molecular formula is C14H21N3O3. The molecule has 0 heterocycles. The number of carbonyl (C=O) groups excluding carboxylic acids is 2. The van der Waals surface area contributed by atoms with Gasteiger partial charge in [0.1, 0.15) is 5.75 Å². The first kappa shape index (κ1) is 15.8. The fourth-order valence-corrected chi connectivity index (χ4v) is 1.56. The number of benzene rings is 1. The Kier molecular flexibility index (Phi) is 6.95. The highest BCUT2D eigenvalue weighted by atomic mass is 16.5. The molecule has 0 aromatic heterocycles. The molecule has 4 N–H and O–H groups in total. The SMILES string of the molecule is CCNC(=O)CCNC(=O)CCOc1cccc(N)c1. The third-order valence-corrected chi connectivity index (χ3v) is 2.50. The molecule has 0 saturated heterocycles. The molecule has 20 heavy (non-hydrogen) atoms. The lowest BCUT2D eigenvalue weighted by Crippen LogP contribution is -2.31. The minimum Gasteiger partial charge on any atom is -0.493 e. The lowest BCUT2D eigenvalue weighted by Gasteiger charge is -2.07. The minimum atomic E-state index is -0.141. The van der Waals surface area contributed by atoms with Crippen LogP contribution in [0.2, 0.25) is 0 Å². The van der Waals surface area contributed by atoms with E-state index in [1.54, 1.807) is 24.3 Å². The van der Waals surface area contributed by atoms with Crippen LogP contribution in [0.3, 0.4) is 0 Å². The van der Waals surface area contributed by atoms with E-state index in [-0.39, 0.29) is 31.3 Å². The van der Waals surface area contributed by atoms with Crippen LogP contribution in [0.1, 0.15) is 19.8 Å². The van der Waals surface area contributed by atoms with E-state index in [2.05, 4.69) is 10.6 Å². The van der Waals surface area contributed by atoms with Crippen molar-refractivity contribution >= 4 is 17.5 Å². The van der Waals surface area contributed by atoms with Crippen molar-refractivity contribution in [2.24, 2.45) is 0 Å². The maximum absolute atomic E-state index is 11.5. The number of rotatable bonds is 8. The minimum absolute atomic E-state index is 0.0659. The number of hydrogen-bond donors (Lipinski definition) is 3. The lowest BCUT2D eigenvalue weighted by atomic mass is 10.3. The Morgan fingerprint density at radius 3 is 2.65 bits per heavy atom. The topological polar surface area (TPSA) is 93.5 Å². The number of hydrogen-bond acceptors (Lipinski definition) is 4. The molecule has 110 valence electrons. The molecule has 0 fully saturated rings. The smallest absolute Gasteiger partial charge is 0.223 e. The molecule has 1 aromatic rings. The summed E-state index contributed by atoms with van der Waals surface area (Å²) in [6, 6.07) is 7.04. The normalized spacial score (nSPS) is 9.85. The fourth-order valence-electron chi connectivity index (χ4n) is 1.56. The van der Waals surface area contributed by atoms with Crippen LogP contribution >= 0.6 is 0 Å². The number of nitrogens with one attached hydrogen (secondary N) is 2. The first-order valence-corrected chi connectivity index (χ1v) is 6.63. The third-order valence-electron chi connectivity index (χ3n) is 2.50. The van der Waals surface area contributed by atoms with Gasteiger partial charge in [-0.2, -0.15) is 0 Å². The van der Waals surface area contributed by atoms with Crippen LogP contribution in [-0.4, -0.2) is 31.5 Å². The maximum atomic E-state index is 11.5. The van der Waals surface area contributed by atoms with E-state index in [0.29, 0.717) is 24.5 Å². The second-order valence-electron chi connectivity index (χ2n) is 4.22. The zero-order valence-corrected chi connectivity index (χ0v) is 11.6. The summed E-state index contributed by atoms with van der Waals surface area (Å²) < 4.78 is 5.40. The van der Waals surface area contributed by atoms with E-state index in [1.165, 1.54) is 0 Å². The van der Waals surface area contributed by atoms with Crippen LogP contribution < -0.4 is 21.1 Å². The van der Waals surface area contributed by atoms with Gasteiger partial charge >= 0.3 is 0 Å². The molecule has 6 nitrogen and oxygen atoms in total. The van der Waals surface area contributed by atoms with Gasteiger partial charge in [0.15, 0.2) is 0 Å². The van der Waals surface area contributed by atoms with Crippen LogP contribution in [0.4, 0.5) is 5.69 Å². The average molecular weight is 279 g/mol. The Hall–Kier alpha value is -2.24. The highest BCUT2D eigenvalue weighted by molar-refractivity contribution is 5.78. The molecule has 1 rings (SSSR count). The molecule has 1 aromatic carbocycles. The van der Waals surface area contributed by atoms with E-state index in [4.69, 9.17) is 10.5 Å². The summed E-state index contributed by atoms with van der Waals surface area (Å²) >= 11 is 0. The fraction of sp³-hybridized carbons (Fsp3) is 0.429. The molecule has 0 aliphatic carbocycles. The lowest BCUT2D eigenvalue weighted by molar-refractivity contribution is -0.122. The van der Waals surface area contributed by atoms with Crippen LogP contribution in [-0.2, 0) is 9.59 Å². The van der Waals surface area contributed by atoms with Gasteiger partial charge in [0, 0.05) is 31.3 Å². The molecule has 0 unspecified atom stereocenters. The number of nitrogen functional groups attached to an aromatic ring is 1. The van der Waals surface area contributed by atoms with E-state index in [9.17, 15) is 9.59 Å². The summed E-state index contributed by atoms with van der Waals surface area (Å²) in [4.78, 5) is 22.6. The molecular weight excluding hydrogens is 258 g/mol. The third kappa shape index (κ3) is 6.63. The molecule has 0 saturated carbocycles. The second kappa shape index (κ2) is 8.79. The summed E-state index contributed by atoms with van der Waals surface area (Å²) in [5.41, 5.74) is 6.23. The molecule has 0 aliphatic rings. The Morgan fingerprint density at radius 2 is 1.95 bits per heavy atom. The van der Waals surface area contributed by atoms with E-state index >= 15 is 0 Å². The van der Waals surface area contributed by atoms with E-state index in [0.717, 1.165) is 0 Å². The largest absolute Gasteiger partial charge is 0.493 e. The van der Waals surface area contributed by atoms with E-state index in [1.807, 2.05) is 6.92 Å². The summed E-state index contributed by atoms with van der Waals surface area (Å²) in [7, 11) is 0. The Balaban J connectivity index is 2.13. The summed E-state index contributed by atoms with van der Waals surface area (Å²) in [5.74, 6) is 0.433. The molecule has 0 radical (unpaired) electrons. The number of ether oxygens (including phenoxy) is 1. The molecule has 0 aliphatic heterocycles. The number of nitrogens with two attached hydrogens (primary N) is 1. The van der Waals surface area contributed by atoms with Crippen molar-refractivity contribution in [2.75, 3.05) is 25.4 Å². The molecule has 6 heteroatoms. The van der Waals surface area contributed by atoms with Crippen molar-refractivity contribution in [1.82, 2.24) is 10.6 Å². The highest BCUT2D eigenvalue weighted by Crippen LogP contribution is 2.14. The van der Waals surface area contributed by atoms with Gasteiger partial charge in [-0.1, -0.05) is 6.07 Å². The molecule has 0 atom stereocenters. The average Bonchev–Trinajstić information content (AvgIpc) is 2.39. The standard InChI is InChI=1S/C14H21N3O3/c1-2-16-13(18)6-8-17-14(19)7-9-20-12-5-3-4-11(15)10-12/h3-5,10H,2,6-9,15H2,1H3,(H,16,18)(H,17,19). The Morgan fingerprint density at radius 1 is 1.20 bits per heavy atom. The van der Waals surface area contributed by atoms with Crippen molar-refractivity contribution < 1.29 is 14.3 Å². The predicted octanol–water partition coefficient (Wildman–Crippen LogP) is 0.680. The zero-order chi connectivity index (χ0) is 14.8. The number of carbonyl (C=O) groups is 2. The first-order valence-electron chi connectivity index (χ1n) is 6.63. The van der Waals surface area contributed by atoms with Crippen molar-refractivity contribution in [2.45, 2.75) is 19.8 Å². The molecule has 0 bridgehead atoms. The highest BCUT2D eigenvalue weighted by Gasteiger charge is 2.04. The van der Waals surface area contributed by atoms with Crippen molar-refractivity contribution in [3.8, 4) is 5.75 Å². The van der Waals surface area contributed by atoms with Crippen LogP contribution in [0.5, 0.6) is 5.75 Å². The number of anilines is 1. The van der Waals surface area contributed by atoms with Crippen molar-refractivity contribution in [3.05, 3.63) is 24.3 Å². The van der Waals surface area contributed by atoms with Gasteiger partial charge in [0.25, 0.3) is 0 Å². The molecule has 0 spiro atoms. The second-order valence-corrected chi connectivity index (χ2v) is 4.22. The monoisotopic (exact) mass is 279 g/mol. The summed E-state index contributed by atoms with van der Waals surface area (Å²) in [6.45, 7) is 3.06. The summed E-state index contributed by atoms with van der Waals surface area (Å²) in [5, 5.41) is 5.33. The van der Waals surface area contributed by atoms with Gasteiger partial charge in [-0.05, 0) is 19.1 Å². The Labute approximate surface area is 118 Å². The van der Waals surface area contributed by atoms with Crippen LogP contribution in [0, 0.1) is 0 Å². The molecule has 2 amide bonds. The van der Waals surface area contributed by atoms with Gasteiger partial charge in [0.05, 0.1) is 13.0 Å². The van der Waals surface area contributed by atoms with Gasteiger partial charge in [-0.25, -0.2) is 0 Å². The van der Waals surface area contributed by atoms with E-state index < -0.39 is 0 Å². The zero-order valence-electron chi connectivity index (χ0n) is 11.6. The Bertz CT molecular complexity index is 449. The predicted molar refractivity (Wildman–Crippen MR) is 77.3 cm³/mol. The summed E-state index contributed by atoms with van der Waals surface area (Å²) in [6.07, 6.45) is 0.528. The quantitative estimate of drug-likeness (QED) is 0.610. The van der Waals surface area contributed by atoms with Gasteiger partial charge in [-0.3, -0.25) is 9.59 Å². The first-order chi connectivity index (χ1) is 9.61. The van der Waals surface area contributed by atoms with Crippen LogP contribution in [0.15, 0.2) is 24.3 Å². The maximum Gasteiger partial charge on any atom is 0.223 e. The van der Waals surface area contributed by atoms with Crippen molar-refractivity contribution in [3.63, 3.8) is 0 Å². The van der Waals surface area contributed by atoms with Crippen molar-refractivity contribution in [1.29, 1.82) is 0 Å². The van der Waals surface area contributed by atoms with Gasteiger partial charge < -0.3 is 21.1 Å². The van der Waals surface area contributed by atoms with Crippen LogP contribution in [0.25, 0.3) is 0 Å². The van der Waals surface area contributed by atoms with Gasteiger partial charge in [-0.15, -0.1) is 0 Å². The van der Waals surface area contributed by atoms with Gasteiger partial charge in [0.2, 0.25) is 11.8 Å².